The molecule has 0 bridgehead atoms. The van der Waals surface area contributed by atoms with Crippen molar-refractivity contribution in [1.82, 2.24) is 0 Å². The van der Waals surface area contributed by atoms with E-state index in [1.165, 1.54) is 0 Å². The third kappa shape index (κ3) is 6.04. The fraction of sp³-hybridized carbons (Fsp3) is 0.588. The van der Waals surface area contributed by atoms with Crippen molar-refractivity contribution in [3.8, 4) is 0 Å². The van der Waals surface area contributed by atoms with Crippen molar-refractivity contribution in [3.05, 3.63) is 35.9 Å². The highest BCUT2D eigenvalue weighted by Gasteiger charge is 2.31. The summed E-state index contributed by atoms with van der Waals surface area (Å²) < 4.78 is 23.6. The van der Waals surface area contributed by atoms with E-state index in [0.717, 1.165) is 5.56 Å². The molecule has 1 aromatic rings. The van der Waals surface area contributed by atoms with Gasteiger partial charge in [-0.2, -0.15) is 0 Å². The monoisotopic (exact) mass is 326 g/mol. The number of Topliss-reactive ketones (excluding diaryl/α,β-unsaturated/α-hetero) is 1. The summed E-state index contributed by atoms with van der Waals surface area (Å²) in [6.07, 6.45) is 0.586. The van der Waals surface area contributed by atoms with E-state index in [1.54, 1.807) is 13.8 Å². The highest BCUT2D eigenvalue weighted by molar-refractivity contribution is 7.53. The Morgan fingerprint density at radius 3 is 2.09 bits per heavy atom. The molecule has 1 rings (SSSR count). The summed E-state index contributed by atoms with van der Waals surface area (Å²) in [7, 11) is -3.18. The largest absolute Gasteiger partial charge is 0.331 e. The van der Waals surface area contributed by atoms with Gasteiger partial charge < -0.3 is 9.05 Å². The Hall–Kier alpha value is -0.960. The molecule has 0 N–H and O–H groups in total. The number of carbonyl (C=O) groups excluding carboxylic acids is 1. The quantitative estimate of drug-likeness (QED) is 0.587. The fourth-order valence-corrected chi connectivity index (χ4v) is 4.25. The van der Waals surface area contributed by atoms with E-state index in [1.807, 2.05) is 44.2 Å². The molecule has 1 aromatic carbocycles. The smallest absolute Gasteiger partial charge is 0.309 e. The van der Waals surface area contributed by atoms with Crippen LogP contribution < -0.4 is 0 Å². The first kappa shape index (κ1) is 19.1. The fourth-order valence-electron chi connectivity index (χ4n) is 2.30. The first-order valence-electron chi connectivity index (χ1n) is 7.87. The van der Waals surface area contributed by atoms with Gasteiger partial charge in [0.25, 0.3) is 0 Å². The van der Waals surface area contributed by atoms with Crippen molar-refractivity contribution in [2.24, 2.45) is 5.92 Å². The molecule has 0 spiro atoms. The van der Waals surface area contributed by atoms with Crippen LogP contribution in [-0.4, -0.2) is 25.2 Å². The van der Waals surface area contributed by atoms with Crippen LogP contribution in [0.25, 0.3) is 0 Å². The molecule has 0 aliphatic rings. The summed E-state index contributed by atoms with van der Waals surface area (Å²) in [5.41, 5.74) is 0.996. The van der Waals surface area contributed by atoms with Crippen molar-refractivity contribution >= 4 is 13.4 Å². The maximum absolute atomic E-state index is 12.8. The molecule has 0 radical (unpaired) electrons. The molecule has 5 heteroatoms. The van der Waals surface area contributed by atoms with E-state index in [0.29, 0.717) is 19.6 Å². The number of rotatable bonds is 10. The van der Waals surface area contributed by atoms with E-state index in [-0.39, 0.29) is 23.8 Å². The number of benzene rings is 1. The van der Waals surface area contributed by atoms with Crippen LogP contribution in [0.15, 0.2) is 30.3 Å². The van der Waals surface area contributed by atoms with Crippen LogP contribution in [0.4, 0.5) is 0 Å². The van der Waals surface area contributed by atoms with Crippen molar-refractivity contribution in [2.75, 3.05) is 19.4 Å². The van der Waals surface area contributed by atoms with Gasteiger partial charge in [-0.3, -0.25) is 9.36 Å². The molecule has 4 nitrogen and oxygen atoms in total. The first-order chi connectivity index (χ1) is 10.4. The first-order valence-corrected chi connectivity index (χ1v) is 9.60. The maximum Gasteiger partial charge on any atom is 0.331 e. The molecule has 0 amide bonds. The van der Waals surface area contributed by atoms with Gasteiger partial charge in [0, 0.05) is 18.3 Å². The molecule has 0 saturated carbocycles. The Kier molecular flexibility index (Phi) is 8.02. The molecule has 1 atom stereocenters. The van der Waals surface area contributed by atoms with Crippen molar-refractivity contribution < 1.29 is 18.4 Å². The van der Waals surface area contributed by atoms with Crippen LogP contribution >= 0.6 is 7.60 Å². The second kappa shape index (κ2) is 9.24. The third-order valence-electron chi connectivity index (χ3n) is 3.46. The summed E-state index contributed by atoms with van der Waals surface area (Å²) >= 11 is 0. The minimum atomic E-state index is -3.18. The Morgan fingerprint density at radius 1 is 1.09 bits per heavy atom. The van der Waals surface area contributed by atoms with Crippen LogP contribution in [0, 0.1) is 5.92 Å². The van der Waals surface area contributed by atoms with E-state index in [9.17, 15) is 9.36 Å². The molecule has 0 aliphatic carbocycles. The third-order valence-corrected chi connectivity index (χ3v) is 5.65. The molecule has 0 unspecified atom stereocenters. The van der Waals surface area contributed by atoms with Gasteiger partial charge >= 0.3 is 7.60 Å². The standard InChI is InChI=1S/C17H27O4P/c1-5-20-22(19,21-6-2)13-16(12-17(18)14(3)4)15-10-8-7-9-11-15/h7-11,14,16H,5-6,12-13H2,1-4H3/t16-/m1/s1. The number of hydrogen-bond acceptors (Lipinski definition) is 4. The molecule has 0 heterocycles. The molecule has 0 aliphatic heterocycles. The molecule has 0 fully saturated rings. The maximum atomic E-state index is 12.8. The van der Waals surface area contributed by atoms with Crippen molar-refractivity contribution in [2.45, 2.75) is 40.0 Å². The van der Waals surface area contributed by atoms with Crippen LogP contribution in [0.2, 0.25) is 0 Å². The van der Waals surface area contributed by atoms with Gasteiger partial charge in [-0.05, 0) is 19.4 Å². The molecule has 124 valence electrons. The normalized spacial score (nSPS) is 13.3. The second-order valence-corrected chi connectivity index (χ2v) is 7.67. The predicted octanol–water partition coefficient (Wildman–Crippen LogP) is 4.65. The average Bonchev–Trinajstić information content (AvgIpc) is 2.47. The van der Waals surface area contributed by atoms with Crippen LogP contribution in [0.1, 0.15) is 45.6 Å². The zero-order valence-electron chi connectivity index (χ0n) is 14.0. The van der Waals surface area contributed by atoms with Crippen LogP contribution in [-0.2, 0) is 18.4 Å². The summed E-state index contributed by atoms with van der Waals surface area (Å²) in [5, 5.41) is 0. The van der Waals surface area contributed by atoms with Crippen molar-refractivity contribution in [3.63, 3.8) is 0 Å². The lowest BCUT2D eigenvalue weighted by molar-refractivity contribution is -0.122. The molecule has 0 aromatic heterocycles. The van der Waals surface area contributed by atoms with E-state index >= 15 is 0 Å². The Labute approximate surface area is 133 Å². The van der Waals surface area contributed by atoms with E-state index in [2.05, 4.69) is 0 Å². The lowest BCUT2D eigenvalue weighted by Gasteiger charge is -2.23. The van der Waals surface area contributed by atoms with Gasteiger partial charge in [-0.25, -0.2) is 0 Å². The molecular weight excluding hydrogens is 299 g/mol. The zero-order chi connectivity index (χ0) is 16.6. The van der Waals surface area contributed by atoms with Crippen molar-refractivity contribution in [1.29, 1.82) is 0 Å². The molecule has 22 heavy (non-hydrogen) atoms. The second-order valence-electron chi connectivity index (χ2n) is 5.56. The Balaban J connectivity index is 2.99. The van der Waals surface area contributed by atoms with E-state index < -0.39 is 7.60 Å². The SMILES string of the molecule is CCOP(=O)(C[C@@H](CC(=O)C(C)C)c1ccccc1)OCC. The number of ketones is 1. The Morgan fingerprint density at radius 2 is 1.64 bits per heavy atom. The van der Waals surface area contributed by atoms with Gasteiger partial charge in [-0.1, -0.05) is 44.2 Å². The summed E-state index contributed by atoms with van der Waals surface area (Å²) in [5.74, 6) is -0.0294. The van der Waals surface area contributed by atoms with Gasteiger partial charge in [0.2, 0.25) is 0 Å². The molecule has 0 saturated heterocycles. The average molecular weight is 326 g/mol. The number of carbonyl (C=O) groups is 1. The summed E-state index contributed by atoms with van der Waals surface area (Å²) in [6, 6.07) is 9.69. The summed E-state index contributed by atoms with van der Waals surface area (Å²) in [6.45, 7) is 8.02. The zero-order valence-corrected chi connectivity index (χ0v) is 14.8. The van der Waals surface area contributed by atoms with Crippen LogP contribution in [0.5, 0.6) is 0 Å². The Bertz CT molecular complexity index is 489. The predicted molar refractivity (Wildman–Crippen MR) is 89.4 cm³/mol. The highest BCUT2D eigenvalue weighted by Crippen LogP contribution is 2.51. The highest BCUT2D eigenvalue weighted by atomic mass is 31.2. The van der Waals surface area contributed by atoms with Crippen LogP contribution in [0.3, 0.4) is 0 Å². The lowest BCUT2D eigenvalue weighted by Crippen LogP contribution is -2.16. The van der Waals surface area contributed by atoms with Gasteiger partial charge in [-0.15, -0.1) is 0 Å². The molecular formula is C17H27O4P. The minimum Gasteiger partial charge on any atom is -0.309 e. The van der Waals surface area contributed by atoms with Gasteiger partial charge in [0.1, 0.15) is 5.78 Å². The van der Waals surface area contributed by atoms with Gasteiger partial charge in [0.15, 0.2) is 0 Å². The topological polar surface area (TPSA) is 52.6 Å². The number of hydrogen-bond donors (Lipinski definition) is 0. The minimum absolute atomic E-state index is 0.0372. The lowest BCUT2D eigenvalue weighted by atomic mass is 9.92. The van der Waals surface area contributed by atoms with E-state index in [4.69, 9.17) is 9.05 Å². The summed E-state index contributed by atoms with van der Waals surface area (Å²) in [4.78, 5) is 12.2. The van der Waals surface area contributed by atoms with Gasteiger partial charge in [0.05, 0.1) is 19.4 Å².